The second-order valence-electron chi connectivity index (χ2n) is 4.85. The Kier molecular flexibility index (Phi) is 4.22. The zero-order valence-electron chi connectivity index (χ0n) is 10.4. The summed E-state index contributed by atoms with van der Waals surface area (Å²) in [4.78, 5) is 10.3. The lowest BCUT2D eigenvalue weighted by molar-refractivity contribution is -0.384. The molecule has 1 aliphatic rings. The first kappa shape index (κ1) is 13.3. The monoisotopic (exact) mass is 312 g/mol. The van der Waals surface area contributed by atoms with Gasteiger partial charge in [-0.1, -0.05) is 13.3 Å². The minimum atomic E-state index is -0.378. The van der Waals surface area contributed by atoms with Gasteiger partial charge < -0.3 is 5.32 Å². The Morgan fingerprint density at radius 3 is 2.83 bits per heavy atom. The summed E-state index contributed by atoms with van der Waals surface area (Å²) in [6, 6.07) is 5.36. The van der Waals surface area contributed by atoms with Crippen LogP contribution in [0.15, 0.2) is 22.7 Å². The van der Waals surface area contributed by atoms with Gasteiger partial charge in [-0.2, -0.15) is 0 Å². The molecule has 1 aromatic carbocycles. The van der Waals surface area contributed by atoms with E-state index in [1.807, 2.05) is 0 Å². The number of benzene rings is 1. The minimum Gasteiger partial charge on any atom is -0.381 e. The highest BCUT2D eigenvalue weighted by Gasteiger charge is 2.23. The summed E-state index contributed by atoms with van der Waals surface area (Å²) in [6.07, 6.45) is 4.89. The van der Waals surface area contributed by atoms with Crippen LogP contribution in [0.5, 0.6) is 0 Å². The second kappa shape index (κ2) is 5.69. The molecular weight excluding hydrogens is 296 g/mol. The number of anilines is 1. The van der Waals surface area contributed by atoms with Gasteiger partial charge in [-0.3, -0.25) is 10.1 Å². The first-order valence-electron chi connectivity index (χ1n) is 6.30. The molecule has 18 heavy (non-hydrogen) atoms. The van der Waals surface area contributed by atoms with E-state index in [4.69, 9.17) is 0 Å². The van der Waals surface area contributed by atoms with Crippen molar-refractivity contribution in [3.63, 3.8) is 0 Å². The summed E-state index contributed by atoms with van der Waals surface area (Å²) in [5, 5.41) is 14.1. The lowest BCUT2D eigenvalue weighted by atomic mass is 10.1. The molecular formula is C13H17BrN2O2. The molecule has 2 atom stereocenters. The predicted octanol–water partition coefficient (Wildman–Crippen LogP) is 4.35. The van der Waals surface area contributed by atoms with E-state index in [-0.39, 0.29) is 10.6 Å². The molecule has 4 nitrogen and oxygen atoms in total. The molecule has 2 rings (SSSR count). The van der Waals surface area contributed by atoms with E-state index >= 15 is 0 Å². The Morgan fingerprint density at radius 1 is 1.50 bits per heavy atom. The van der Waals surface area contributed by atoms with Crippen molar-refractivity contribution in [2.75, 3.05) is 5.32 Å². The van der Waals surface area contributed by atoms with Gasteiger partial charge >= 0.3 is 0 Å². The number of nitro benzene ring substituents is 1. The van der Waals surface area contributed by atoms with Gasteiger partial charge in [-0.05, 0) is 47.2 Å². The fourth-order valence-corrected chi connectivity index (χ4v) is 3.01. The lowest BCUT2D eigenvalue weighted by Crippen LogP contribution is -2.15. The maximum absolute atomic E-state index is 10.7. The zero-order chi connectivity index (χ0) is 13.1. The van der Waals surface area contributed by atoms with Crippen LogP contribution in [0.25, 0.3) is 0 Å². The van der Waals surface area contributed by atoms with Gasteiger partial charge in [0.1, 0.15) is 0 Å². The molecule has 1 N–H and O–H groups in total. The number of nitrogens with one attached hydrogen (secondary N) is 1. The Balaban J connectivity index is 2.04. The highest BCUT2D eigenvalue weighted by molar-refractivity contribution is 9.10. The Hall–Kier alpha value is -1.10. The molecule has 0 spiro atoms. The van der Waals surface area contributed by atoms with Gasteiger partial charge in [0.25, 0.3) is 5.69 Å². The van der Waals surface area contributed by atoms with Crippen LogP contribution in [-0.2, 0) is 0 Å². The predicted molar refractivity (Wildman–Crippen MR) is 75.8 cm³/mol. The zero-order valence-corrected chi connectivity index (χ0v) is 11.9. The van der Waals surface area contributed by atoms with Crippen LogP contribution >= 0.6 is 15.9 Å². The molecule has 0 aliphatic heterocycles. The Bertz CT molecular complexity index is 451. The van der Waals surface area contributed by atoms with Crippen LogP contribution in [0, 0.1) is 16.0 Å². The van der Waals surface area contributed by atoms with Crippen molar-refractivity contribution in [1.82, 2.24) is 0 Å². The fraction of sp³-hybridized carbons (Fsp3) is 0.538. The van der Waals surface area contributed by atoms with Gasteiger partial charge in [-0.25, -0.2) is 0 Å². The Labute approximate surface area is 115 Å². The number of hydrogen-bond donors (Lipinski definition) is 1. The van der Waals surface area contributed by atoms with E-state index in [2.05, 4.69) is 28.2 Å². The summed E-state index contributed by atoms with van der Waals surface area (Å²) in [5.74, 6) is 0.819. The first-order chi connectivity index (χ1) is 8.60. The highest BCUT2D eigenvalue weighted by Crippen LogP contribution is 2.33. The first-order valence-corrected chi connectivity index (χ1v) is 7.10. The van der Waals surface area contributed by atoms with Crippen LogP contribution < -0.4 is 5.32 Å². The molecule has 0 saturated heterocycles. The average Bonchev–Trinajstić information content (AvgIpc) is 2.79. The van der Waals surface area contributed by atoms with Crippen molar-refractivity contribution in [2.24, 2.45) is 5.92 Å². The summed E-state index contributed by atoms with van der Waals surface area (Å²) < 4.78 is 0.761. The van der Waals surface area contributed by atoms with Crippen LogP contribution in [0.1, 0.15) is 32.6 Å². The number of non-ortho nitro benzene ring substituents is 1. The minimum absolute atomic E-state index is 0.116. The maximum atomic E-state index is 10.7. The highest BCUT2D eigenvalue weighted by atomic mass is 79.9. The van der Waals surface area contributed by atoms with Crippen molar-refractivity contribution in [3.05, 3.63) is 32.8 Å². The number of hydrogen-bond acceptors (Lipinski definition) is 3. The molecule has 1 fully saturated rings. The third kappa shape index (κ3) is 3.02. The van der Waals surface area contributed by atoms with Gasteiger partial charge in [0.05, 0.1) is 4.92 Å². The molecule has 0 radical (unpaired) electrons. The topological polar surface area (TPSA) is 55.2 Å². The number of nitro groups is 1. The van der Waals surface area contributed by atoms with Crippen LogP contribution in [0.2, 0.25) is 0 Å². The van der Waals surface area contributed by atoms with E-state index in [0.717, 1.165) is 16.1 Å². The molecule has 0 heterocycles. The van der Waals surface area contributed by atoms with Gasteiger partial charge in [0.15, 0.2) is 0 Å². The van der Waals surface area contributed by atoms with E-state index in [9.17, 15) is 10.1 Å². The van der Waals surface area contributed by atoms with Crippen molar-refractivity contribution in [1.29, 1.82) is 0 Å². The molecule has 1 aromatic rings. The van der Waals surface area contributed by atoms with Crippen LogP contribution in [0.3, 0.4) is 0 Å². The van der Waals surface area contributed by atoms with Gasteiger partial charge in [-0.15, -0.1) is 0 Å². The summed E-state index contributed by atoms with van der Waals surface area (Å²) in [6.45, 7) is 2.23. The van der Waals surface area contributed by atoms with Crippen molar-refractivity contribution in [2.45, 2.75) is 38.6 Å². The molecule has 0 bridgehead atoms. The van der Waals surface area contributed by atoms with Gasteiger partial charge in [0.2, 0.25) is 0 Å². The van der Waals surface area contributed by atoms with E-state index < -0.39 is 0 Å². The summed E-state index contributed by atoms with van der Waals surface area (Å²) >= 11 is 3.39. The van der Waals surface area contributed by atoms with E-state index in [1.165, 1.54) is 25.7 Å². The van der Waals surface area contributed by atoms with Crippen molar-refractivity contribution >= 4 is 27.3 Å². The molecule has 0 amide bonds. The number of halogens is 1. The largest absolute Gasteiger partial charge is 0.381 e. The van der Waals surface area contributed by atoms with E-state index in [1.54, 1.807) is 18.2 Å². The maximum Gasteiger partial charge on any atom is 0.270 e. The van der Waals surface area contributed by atoms with Crippen LogP contribution in [-0.4, -0.2) is 11.0 Å². The lowest BCUT2D eigenvalue weighted by Gasteiger charge is -2.15. The fourth-order valence-electron chi connectivity index (χ4n) is 2.53. The molecule has 0 aromatic heterocycles. The molecule has 1 aliphatic carbocycles. The third-order valence-corrected chi connectivity index (χ3v) is 4.30. The van der Waals surface area contributed by atoms with E-state index in [0.29, 0.717) is 6.04 Å². The molecule has 98 valence electrons. The van der Waals surface area contributed by atoms with Crippen molar-refractivity contribution in [3.8, 4) is 0 Å². The normalized spacial score (nSPS) is 23.0. The molecule has 1 saturated carbocycles. The summed E-state index contributed by atoms with van der Waals surface area (Å²) in [7, 11) is 0. The standard InChI is InChI=1S/C13H17BrN2O2/c1-2-9-3-4-10(7-9)15-13-6-5-11(16(17)18)8-12(13)14/h5-6,8-10,15H,2-4,7H2,1H3. The third-order valence-electron chi connectivity index (χ3n) is 3.64. The van der Waals surface area contributed by atoms with Gasteiger partial charge in [0, 0.05) is 28.3 Å². The smallest absolute Gasteiger partial charge is 0.270 e. The molecule has 2 unspecified atom stereocenters. The SMILES string of the molecule is CCC1CCC(Nc2ccc([N+](=O)[O-])cc2Br)C1. The summed E-state index contributed by atoms with van der Waals surface area (Å²) in [5.41, 5.74) is 1.06. The number of nitrogens with zero attached hydrogens (tertiary/aromatic N) is 1. The quantitative estimate of drug-likeness (QED) is 0.664. The Morgan fingerprint density at radius 2 is 2.28 bits per heavy atom. The van der Waals surface area contributed by atoms with Crippen LogP contribution in [0.4, 0.5) is 11.4 Å². The second-order valence-corrected chi connectivity index (χ2v) is 5.70. The number of rotatable bonds is 4. The average molecular weight is 313 g/mol. The molecule has 5 heteroatoms. The van der Waals surface area contributed by atoms with Crippen molar-refractivity contribution < 1.29 is 4.92 Å².